The molecule has 6 heteroatoms. The summed E-state index contributed by atoms with van der Waals surface area (Å²) in [4.78, 5) is 37.7. The molecule has 0 N–H and O–H groups in total. The van der Waals surface area contributed by atoms with Crippen LogP contribution in [0.2, 0.25) is 0 Å². The number of carbonyl (C=O) groups excluding carboxylic acids is 3. The summed E-state index contributed by atoms with van der Waals surface area (Å²) in [6, 6.07) is 0. The van der Waals surface area contributed by atoms with Gasteiger partial charge in [0.1, 0.15) is 13.2 Å². The minimum Gasteiger partial charge on any atom is -0.462 e. The highest BCUT2D eigenvalue weighted by Crippen LogP contribution is 2.17. The van der Waals surface area contributed by atoms with Gasteiger partial charge < -0.3 is 14.2 Å². The van der Waals surface area contributed by atoms with Crippen LogP contribution in [0.4, 0.5) is 0 Å². The highest BCUT2D eigenvalue weighted by molar-refractivity contribution is 5.71. The van der Waals surface area contributed by atoms with Gasteiger partial charge in [0, 0.05) is 19.3 Å². The van der Waals surface area contributed by atoms with E-state index in [1.807, 2.05) is 0 Å². The lowest BCUT2D eigenvalue weighted by Gasteiger charge is -2.18. The van der Waals surface area contributed by atoms with Crippen LogP contribution in [0.1, 0.15) is 310 Å². The van der Waals surface area contributed by atoms with Gasteiger partial charge >= 0.3 is 17.9 Å². The van der Waals surface area contributed by atoms with Gasteiger partial charge in [0.15, 0.2) is 6.10 Å². The van der Waals surface area contributed by atoms with Crippen molar-refractivity contribution in [1.29, 1.82) is 0 Å². The molecule has 0 saturated heterocycles. The van der Waals surface area contributed by atoms with E-state index in [2.05, 4.69) is 57.2 Å². The highest BCUT2D eigenvalue weighted by Gasteiger charge is 2.19. The molecule has 0 aromatic rings. The maximum absolute atomic E-state index is 12.7. The number of hydrogen-bond acceptors (Lipinski definition) is 6. The van der Waals surface area contributed by atoms with Gasteiger partial charge in [0.2, 0.25) is 0 Å². The lowest BCUT2D eigenvalue weighted by Crippen LogP contribution is -2.30. The number of carbonyl (C=O) groups is 3. The summed E-state index contributed by atoms with van der Waals surface area (Å²) in [5, 5.41) is 0. The van der Waals surface area contributed by atoms with Crippen LogP contribution in [0.5, 0.6) is 0 Å². The van der Waals surface area contributed by atoms with Crippen LogP contribution in [0, 0.1) is 0 Å². The zero-order valence-electron chi connectivity index (χ0n) is 44.2. The second-order valence-electron chi connectivity index (χ2n) is 19.5. The van der Waals surface area contributed by atoms with E-state index in [1.165, 1.54) is 167 Å². The van der Waals surface area contributed by atoms with Crippen LogP contribution in [0.3, 0.4) is 0 Å². The first-order valence-electron chi connectivity index (χ1n) is 29.0. The van der Waals surface area contributed by atoms with Gasteiger partial charge in [0.05, 0.1) is 0 Å². The van der Waals surface area contributed by atoms with Crippen molar-refractivity contribution < 1.29 is 28.6 Å². The molecule has 0 spiro atoms. The Morgan fingerprint density at radius 2 is 0.591 bits per heavy atom. The van der Waals surface area contributed by atoms with E-state index in [-0.39, 0.29) is 31.1 Å². The predicted octanol–water partition coefficient (Wildman–Crippen LogP) is 19.3. The number of esters is 3. The first-order valence-corrected chi connectivity index (χ1v) is 29.0. The van der Waals surface area contributed by atoms with Crippen molar-refractivity contribution in [2.75, 3.05) is 13.2 Å². The molecule has 386 valence electrons. The second-order valence-corrected chi connectivity index (χ2v) is 19.5. The summed E-state index contributed by atoms with van der Waals surface area (Å²) in [5.74, 6) is -0.895. The standard InChI is InChI=1S/C60H110O6/c1-4-7-10-13-15-17-19-21-23-24-25-26-27-28-29-30-31-32-33-34-35-37-38-40-42-44-47-50-53-59(62)65-56-57(55-64-58(61)52-49-46-12-9-6-3)66-60(63)54-51-48-45-43-41-39-36-22-20-18-16-14-11-8-5-2/h8,11,16,18,22,36,57H,4-7,9-10,12-15,17,19-21,23-35,37-56H2,1-3H3/b11-8-,18-16-,36-22-. The number of hydrogen-bond donors (Lipinski definition) is 0. The fraction of sp³-hybridized carbons (Fsp3) is 0.850. The summed E-state index contributed by atoms with van der Waals surface area (Å²) >= 11 is 0. The fourth-order valence-electron chi connectivity index (χ4n) is 8.58. The molecule has 0 bridgehead atoms. The smallest absolute Gasteiger partial charge is 0.306 e. The summed E-state index contributed by atoms with van der Waals surface area (Å²) in [6.45, 7) is 6.47. The summed E-state index contributed by atoms with van der Waals surface area (Å²) < 4.78 is 16.7. The zero-order chi connectivity index (χ0) is 47.9. The Bertz CT molecular complexity index is 1110. The van der Waals surface area contributed by atoms with Crippen molar-refractivity contribution in [1.82, 2.24) is 0 Å². The topological polar surface area (TPSA) is 78.9 Å². The van der Waals surface area contributed by atoms with Gasteiger partial charge in [-0.15, -0.1) is 0 Å². The van der Waals surface area contributed by atoms with Gasteiger partial charge in [-0.05, 0) is 51.4 Å². The monoisotopic (exact) mass is 927 g/mol. The lowest BCUT2D eigenvalue weighted by atomic mass is 10.0. The van der Waals surface area contributed by atoms with Crippen LogP contribution in [-0.2, 0) is 28.6 Å². The Labute approximate surface area is 410 Å². The van der Waals surface area contributed by atoms with Crippen LogP contribution in [0.25, 0.3) is 0 Å². The van der Waals surface area contributed by atoms with E-state index in [4.69, 9.17) is 14.2 Å². The first kappa shape index (κ1) is 63.6. The lowest BCUT2D eigenvalue weighted by molar-refractivity contribution is -0.167. The minimum atomic E-state index is -0.774. The third-order valence-corrected chi connectivity index (χ3v) is 12.9. The predicted molar refractivity (Wildman–Crippen MR) is 284 cm³/mol. The van der Waals surface area contributed by atoms with Crippen molar-refractivity contribution in [3.8, 4) is 0 Å². The summed E-state index contributed by atoms with van der Waals surface area (Å²) in [7, 11) is 0. The molecule has 0 amide bonds. The van der Waals surface area contributed by atoms with Crippen LogP contribution < -0.4 is 0 Å². The van der Waals surface area contributed by atoms with Crippen molar-refractivity contribution in [3.05, 3.63) is 36.5 Å². The van der Waals surface area contributed by atoms with Crippen LogP contribution in [0.15, 0.2) is 36.5 Å². The molecule has 0 aromatic carbocycles. The molecule has 1 atom stereocenters. The quantitative estimate of drug-likeness (QED) is 0.0262. The molecule has 0 radical (unpaired) electrons. The average Bonchev–Trinajstić information content (AvgIpc) is 3.31. The fourth-order valence-corrected chi connectivity index (χ4v) is 8.58. The van der Waals surface area contributed by atoms with E-state index in [0.717, 1.165) is 103 Å². The minimum absolute atomic E-state index is 0.0763. The molecule has 0 heterocycles. The van der Waals surface area contributed by atoms with E-state index >= 15 is 0 Å². The Morgan fingerprint density at radius 3 is 0.924 bits per heavy atom. The van der Waals surface area contributed by atoms with Gasteiger partial charge in [-0.3, -0.25) is 14.4 Å². The summed E-state index contributed by atoms with van der Waals surface area (Å²) in [6.07, 6.45) is 66.3. The third kappa shape index (κ3) is 52.6. The molecular weight excluding hydrogens is 817 g/mol. The Balaban J connectivity index is 3.96. The van der Waals surface area contributed by atoms with Gasteiger partial charge in [-0.2, -0.15) is 0 Å². The zero-order valence-corrected chi connectivity index (χ0v) is 44.2. The molecule has 66 heavy (non-hydrogen) atoms. The number of unbranched alkanes of at least 4 members (excludes halogenated alkanes) is 36. The second kappa shape index (κ2) is 55.2. The Morgan fingerprint density at radius 1 is 0.318 bits per heavy atom. The van der Waals surface area contributed by atoms with Gasteiger partial charge in [-0.25, -0.2) is 0 Å². The highest BCUT2D eigenvalue weighted by atomic mass is 16.6. The number of allylic oxidation sites excluding steroid dienone is 6. The van der Waals surface area contributed by atoms with Crippen molar-refractivity contribution in [2.24, 2.45) is 0 Å². The maximum atomic E-state index is 12.7. The SMILES string of the molecule is CC/C=C\C/C=C\C/C=C\CCCCCCCC(=O)OC(COC(=O)CCCCCCC)COC(=O)CCCCCCCCCCCCCCCCCCCCCCCCCCCCCC. The molecule has 6 nitrogen and oxygen atoms in total. The number of rotatable bonds is 53. The maximum Gasteiger partial charge on any atom is 0.306 e. The average molecular weight is 928 g/mol. The van der Waals surface area contributed by atoms with Crippen LogP contribution >= 0.6 is 0 Å². The Kier molecular flexibility index (Phi) is 53.2. The van der Waals surface area contributed by atoms with Crippen molar-refractivity contribution in [2.45, 2.75) is 316 Å². The molecule has 0 aliphatic carbocycles. The normalized spacial score (nSPS) is 12.2. The van der Waals surface area contributed by atoms with E-state index in [0.29, 0.717) is 19.3 Å². The van der Waals surface area contributed by atoms with E-state index in [9.17, 15) is 14.4 Å². The molecule has 0 aromatic heterocycles. The molecule has 0 saturated carbocycles. The van der Waals surface area contributed by atoms with E-state index < -0.39 is 6.10 Å². The molecule has 0 aliphatic heterocycles. The largest absolute Gasteiger partial charge is 0.462 e. The van der Waals surface area contributed by atoms with Crippen molar-refractivity contribution in [3.63, 3.8) is 0 Å². The molecular formula is C60H110O6. The molecule has 1 unspecified atom stereocenters. The van der Waals surface area contributed by atoms with Gasteiger partial charge in [0.25, 0.3) is 0 Å². The molecule has 0 rings (SSSR count). The Hall–Kier alpha value is -2.37. The summed E-state index contributed by atoms with van der Waals surface area (Å²) in [5.41, 5.74) is 0. The molecule has 0 fully saturated rings. The van der Waals surface area contributed by atoms with Crippen LogP contribution in [-0.4, -0.2) is 37.2 Å². The molecule has 0 aliphatic rings. The third-order valence-electron chi connectivity index (χ3n) is 12.9. The van der Waals surface area contributed by atoms with Gasteiger partial charge in [-0.1, -0.05) is 276 Å². The number of ether oxygens (including phenoxy) is 3. The van der Waals surface area contributed by atoms with E-state index in [1.54, 1.807) is 0 Å². The first-order chi connectivity index (χ1) is 32.5. The van der Waals surface area contributed by atoms with Crippen molar-refractivity contribution >= 4 is 17.9 Å².